The Kier molecular flexibility index (Phi) is 3.24. The molecule has 0 aliphatic heterocycles. The van der Waals surface area contributed by atoms with Crippen LogP contribution in [-0.4, -0.2) is 4.98 Å². The summed E-state index contributed by atoms with van der Waals surface area (Å²) in [6.07, 6.45) is 1.34. The van der Waals surface area contributed by atoms with E-state index in [9.17, 15) is 4.39 Å². The zero-order chi connectivity index (χ0) is 12.4. The van der Waals surface area contributed by atoms with E-state index in [4.69, 9.17) is 5.73 Å². The molecule has 0 amide bonds. The van der Waals surface area contributed by atoms with Crippen molar-refractivity contribution in [1.29, 1.82) is 0 Å². The predicted octanol–water partition coefficient (Wildman–Crippen LogP) is 3.63. The van der Waals surface area contributed by atoms with E-state index in [0.29, 0.717) is 5.57 Å². The van der Waals surface area contributed by atoms with Gasteiger partial charge in [0.1, 0.15) is 11.6 Å². The Balaban J connectivity index is 2.56. The molecule has 17 heavy (non-hydrogen) atoms. The maximum Gasteiger partial charge on any atom is 0.150 e. The molecule has 0 bridgehead atoms. The van der Waals surface area contributed by atoms with Crippen LogP contribution in [0, 0.1) is 5.82 Å². The summed E-state index contributed by atoms with van der Waals surface area (Å²) in [5.74, 6) is -0.300. The van der Waals surface area contributed by atoms with Crippen molar-refractivity contribution in [3.05, 3.63) is 64.5 Å². The van der Waals surface area contributed by atoms with Gasteiger partial charge in [-0.2, -0.15) is 0 Å². The minimum Gasteiger partial charge on any atom is -0.383 e. The third-order valence-electron chi connectivity index (χ3n) is 2.43. The molecule has 1 aromatic carbocycles. The fraction of sp³-hybridized carbons (Fsp3) is 0. The second-order valence-electron chi connectivity index (χ2n) is 3.52. The molecule has 0 atom stereocenters. The van der Waals surface area contributed by atoms with Crippen LogP contribution in [0.1, 0.15) is 11.1 Å². The van der Waals surface area contributed by atoms with Crippen molar-refractivity contribution in [2.24, 2.45) is 0 Å². The molecule has 0 unspecified atom stereocenters. The number of nitrogens with two attached hydrogens (primary N) is 1. The lowest BCUT2D eigenvalue weighted by molar-refractivity contribution is 0.616. The number of nitrogens with zero attached hydrogens (tertiary/aromatic N) is 1. The van der Waals surface area contributed by atoms with Crippen LogP contribution in [0.4, 0.5) is 10.2 Å². The standard InChI is InChI=1S/C13H10BrFN2/c1-8(9-5-3-2-4-6-9)11-12(15)10(14)7-17-13(11)16/h2-7H,1H2,(H2,16,17). The number of rotatable bonds is 2. The third-order valence-corrected chi connectivity index (χ3v) is 2.98. The van der Waals surface area contributed by atoms with Gasteiger partial charge in [0, 0.05) is 6.20 Å². The van der Waals surface area contributed by atoms with Gasteiger partial charge < -0.3 is 5.73 Å². The highest BCUT2D eigenvalue weighted by Crippen LogP contribution is 2.30. The van der Waals surface area contributed by atoms with Crippen molar-refractivity contribution in [3.8, 4) is 0 Å². The van der Waals surface area contributed by atoms with Gasteiger partial charge in [0.2, 0.25) is 0 Å². The van der Waals surface area contributed by atoms with Crippen LogP contribution in [0.15, 0.2) is 47.6 Å². The largest absolute Gasteiger partial charge is 0.383 e. The van der Waals surface area contributed by atoms with Crippen LogP contribution in [0.5, 0.6) is 0 Å². The van der Waals surface area contributed by atoms with Crippen LogP contribution >= 0.6 is 15.9 Å². The van der Waals surface area contributed by atoms with Gasteiger partial charge in [0.05, 0.1) is 10.0 Å². The Labute approximate surface area is 107 Å². The maximum absolute atomic E-state index is 14.0. The minimum atomic E-state index is -0.439. The Morgan fingerprint density at radius 3 is 2.59 bits per heavy atom. The van der Waals surface area contributed by atoms with Gasteiger partial charge in [-0.05, 0) is 27.1 Å². The van der Waals surface area contributed by atoms with Gasteiger partial charge in [0.25, 0.3) is 0 Å². The second kappa shape index (κ2) is 4.67. The molecule has 4 heteroatoms. The summed E-state index contributed by atoms with van der Waals surface area (Å²) < 4.78 is 14.2. The van der Waals surface area contributed by atoms with Crippen molar-refractivity contribution in [2.75, 3.05) is 5.73 Å². The van der Waals surface area contributed by atoms with Crippen molar-refractivity contribution in [3.63, 3.8) is 0 Å². The number of hydrogen-bond acceptors (Lipinski definition) is 2. The summed E-state index contributed by atoms with van der Waals surface area (Å²) in [5.41, 5.74) is 7.28. The molecule has 86 valence electrons. The fourth-order valence-corrected chi connectivity index (χ4v) is 1.85. The molecule has 0 fully saturated rings. The molecular weight excluding hydrogens is 283 g/mol. The zero-order valence-electron chi connectivity index (χ0n) is 8.95. The van der Waals surface area contributed by atoms with E-state index in [1.54, 1.807) is 0 Å². The molecule has 1 heterocycles. The summed E-state index contributed by atoms with van der Waals surface area (Å²) in [6, 6.07) is 9.31. The number of aromatic nitrogens is 1. The summed E-state index contributed by atoms with van der Waals surface area (Å²) in [6.45, 7) is 3.88. The SMILES string of the molecule is C=C(c1ccccc1)c1c(N)ncc(Br)c1F. The molecule has 0 saturated carbocycles. The first-order valence-electron chi connectivity index (χ1n) is 4.95. The molecule has 0 aliphatic rings. The van der Waals surface area contributed by atoms with Crippen LogP contribution < -0.4 is 5.73 Å². The first kappa shape index (κ1) is 11.8. The van der Waals surface area contributed by atoms with Crippen LogP contribution in [0.3, 0.4) is 0 Å². The van der Waals surface area contributed by atoms with E-state index in [1.807, 2.05) is 30.3 Å². The smallest absolute Gasteiger partial charge is 0.150 e. The Hall–Kier alpha value is -1.68. The summed E-state index contributed by atoms with van der Waals surface area (Å²) in [4.78, 5) is 3.92. The summed E-state index contributed by atoms with van der Waals surface area (Å²) >= 11 is 3.09. The number of hydrogen-bond donors (Lipinski definition) is 1. The van der Waals surface area contributed by atoms with Gasteiger partial charge in [-0.3, -0.25) is 0 Å². The lowest BCUT2D eigenvalue weighted by Gasteiger charge is -2.10. The van der Waals surface area contributed by atoms with Crippen LogP contribution in [-0.2, 0) is 0 Å². The fourth-order valence-electron chi connectivity index (χ4n) is 1.55. The quantitative estimate of drug-likeness (QED) is 0.918. The van der Waals surface area contributed by atoms with Gasteiger partial charge >= 0.3 is 0 Å². The van der Waals surface area contributed by atoms with Crippen molar-refractivity contribution >= 4 is 27.3 Å². The van der Waals surface area contributed by atoms with E-state index in [2.05, 4.69) is 27.5 Å². The molecule has 0 spiro atoms. The van der Waals surface area contributed by atoms with Gasteiger partial charge in [-0.15, -0.1) is 0 Å². The first-order chi connectivity index (χ1) is 8.11. The van der Waals surface area contributed by atoms with Crippen LogP contribution in [0.2, 0.25) is 0 Å². The Morgan fingerprint density at radius 1 is 1.29 bits per heavy atom. The number of nitrogen functional groups attached to an aromatic ring is 1. The van der Waals surface area contributed by atoms with Gasteiger partial charge in [-0.25, -0.2) is 9.37 Å². The van der Waals surface area contributed by atoms with E-state index < -0.39 is 5.82 Å². The third kappa shape index (κ3) is 2.22. The normalized spacial score (nSPS) is 10.2. The number of pyridine rings is 1. The monoisotopic (exact) mass is 292 g/mol. The number of anilines is 1. The lowest BCUT2D eigenvalue weighted by Crippen LogP contribution is -2.01. The highest BCUT2D eigenvalue weighted by molar-refractivity contribution is 9.10. The van der Waals surface area contributed by atoms with E-state index in [0.717, 1.165) is 5.56 Å². The molecule has 2 nitrogen and oxygen atoms in total. The first-order valence-corrected chi connectivity index (χ1v) is 5.74. The highest BCUT2D eigenvalue weighted by atomic mass is 79.9. The molecule has 2 N–H and O–H groups in total. The average molecular weight is 293 g/mol. The van der Waals surface area contributed by atoms with Crippen molar-refractivity contribution in [2.45, 2.75) is 0 Å². The van der Waals surface area contributed by atoms with E-state index in [-0.39, 0.29) is 15.9 Å². The number of benzene rings is 1. The van der Waals surface area contributed by atoms with E-state index in [1.165, 1.54) is 6.20 Å². The molecule has 2 aromatic rings. The summed E-state index contributed by atoms with van der Waals surface area (Å²) in [5, 5.41) is 0. The number of halogens is 2. The zero-order valence-corrected chi connectivity index (χ0v) is 10.5. The molecule has 0 aliphatic carbocycles. The van der Waals surface area contributed by atoms with Gasteiger partial charge in [0.15, 0.2) is 0 Å². The van der Waals surface area contributed by atoms with Crippen molar-refractivity contribution in [1.82, 2.24) is 4.98 Å². The maximum atomic E-state index is 14.0. The molecular formula is C13H10BrFN2. The molecule has 0 saturated heterocycles. The summed E-state index contributed by atoms with van der Waals surface area (Å²) in [7, 11) is 0. The minimum absolute atomic E-state index is 0.138. The van der Waals surface area contributed by atoms with E-state index >= 15 is 0 Å². The molecule has 0 radical (unpaired) electrons. The lowest BCUT2D eigenvalue weighted by atomic mass is 10.00. The average Bonchev–Trinajstić information content (AvgIpc) is 2.35. The van der Waals surface area contributed by atoms with Crippen LogP contribution in [0.25, 0.3) is 5.57 Å². The Morgan fingerprint density at radius 2 is 1.94 bits per heavy atom. The van der Waals surface area contributed by atoms with Crippen molar-refractivity contribution < 1.29 is 4.39 Å². The topological polar surface area (TPSA) is 38.9 Å². The second-order valence-corrected chi connectivity index (χ2v) is 4.38. The molecule has 2 rings (SSSR count). The molecule has 1 aromatic heterocycles. The Bertz CT molecular complexity index is 567. The highest BCUT2D eigenvalue weighted by Gasteiger charge is 2.15. The van der Waals surface area contributed by atoms with Gasteiger partial charge in [-0.1, -0.05) is 36.9 Å². The predicted molar refractivity (Wildman–Crippen MR) is 70.9 cm³/mol.